The number of carbonyl (C=O) groups is 1. The van der Waals surface area contributed by atoms with Gasteiger partial charge in [0.2, 0.25) is 0 Å². The van der Waals surface area contributed by atoms with Gasteiger partial charge < -0.3 is 10.1 Å². The van der Waals surface area contributed by atoms with Crippen LogP contribution >= 0.6 is 11.6 Å². The van der Waals surface area contributed by atoms with Crippen LogP contribution in [0.3, 0.4) is 0 Å². The predicted octanol–water partition coefficient (Wildman–Crippen LogP) is 4.87. The summed E-state index contributed by atoms with van der Waals surface area (Å²) >= 11 is 5.82. The van der Waals surface area contributed by atoms with Crippen LogP contribution < -0.4 is 10.1 Å². The Bertz CT molecular complexity index is 621. The van der Waals surface area contributed by atoms with Crippen LogP contribution in [-0.2, 0) is 4.79 Å². The number of rotatable bonds is 5. The third-order valence-electron chi connectivity index (χ3n) is 3.34. The normalized spacial score (nSPS) is 12.0. The molecule has 0 spiro atoms. The Morgan fingerprint density at radius 3 is 2.14 bits per heavy atom. The summed E-state index contributed by atoms with van der Waals surface area (Å²) in [5, 5.41) is 3.48. The van der Waals surface area contributed by atoms with E-state index in [4.69, 9.17) is 16.3 Å². The molecule has 2 aromatic rings. The van der Waals surface area contributed by atoms with E-state index in [9.17, 15) is 4.79 Å². The zero-order valence-corrected chi connectivity index (χ0v) is 13.7. The molecule has 2 aromatic carbocycles. The lowest BCUT2D eigenvalue weighted by Gasteiger charge is -2.15. The molecule has 0 aliphatic rings. The van der Waals surface area contributed by atoms with Gasteiger partial charge in [-0.3, -0.25) is 4.79 Å². The van der Waals surface area contributed by atoms with Gasteiger partial charge in [-0.25, -0.2) is 0 Å². The largest absolute Gasteiger partial charge is 0.481 e. The topological polar surface area (TPSA) is 38.3 Å². The molecule has 3 nitrogen and oxygen atoms in total. The number of anilines is 1. The van der Waals surface area contributed by atoms with Crippen LogP contribution in [0.2, 0.25) is 5.02 Å². The first-order valence-corrected chi connectivity index (χ1v) is 7.66. The minimum atomic E-state index is -0.592. The van der Waals surface area contributed by atoms with E-state index in [1.54, 1.807) is 31.2 Å². The molecule has 1 atom stereocenters. The van der Waals surface area contributed by atoms with Crippen LogP contribution in [0.25, 0.3) is 0 Å². The highest BCUT2D eigenvalue weighted by atomic mass is 35.5. The van der Waals surface area contributed by atoms with Crippen LogP contribution in [0.15, 0.2) is 48.5 Å². The fraction of sp³-hybridized carbons (Fsp3) is 0.278. The number of hydrogen-bond donors (Lipinski definition) is 1. The number of hydrogen-bond acceptors (Lipinski definition) is 2. The van der Waals surface area contributed by atoms with Crippen molar-refractivity contribution in [2.45, 2.75) is 32.8 Å². The monoisotopic (exact) mass is 317 g/mol. The molecule has 116 valence electrons. The summed E-state index contributed by atoms with van der Waals surface area (Å²) in [6.45, 7) is 5.98. The fourth-order valence-electron chi connectivity index (χ4n) is 1.97. The number of halogens is 1. The molecule has 1 amide bonds. The van der Waals surface area contributed by atoms with E-state index in [2.05, 4.69) is 19.2 Å². The van der Waals surface area contributed by atoms with Crippen LogP contribution in [0.5, 0.6) is 5.75 Å². The van der Waals surface area contributed by atoms with Crippen molar-refractivity contribution in [1.29, 1.82) is 0 Å². The lowest BCUT2D eigenvalue weighted by molar-refractivity contribution is -0.122. The van der Waals surface area contributed by atoms with Crippen molar-refractivity contribution in [1.82, 2.24) is 0 Å². The maximum atomic E-state index is 12.1. The third-order valence-corrected chi connectivity index (χ3v) is 3.59. The highest BCUT2D eigenvalue weighted by Crippen LogP contribution is 2.19. The Morgan fingerprint density at radius 1 is 1.00 bits per heavy atom. The first-order valence-electron chi connectivity index (χ1n) is 7.29. The molecular formula is C18H20ClNO2. The van der Waals surface area contributed by atoms with Crippen molar-refractivity contribution in [3.8, 4) is 5.75 Å². The minimum Gasteiger partial charge on any atom is -0.481 e. The Labute approximate surface area is 136 Å². The zero-order valence-electron chi connectivity index (χ0n) is 13.0. The Kier molecular flexibility index (Phi) is 5.45. The molecule has 0 saturated carbocycles. The first kappa shape index (κ1) is 16.4. The summed E-state index contributed by atoms with van der Waals surface area (Å²) < 4.78 is 5.59. The summed E-state index contributed by atoms with van der Waals surface area (Å²) in [6, 6.07) is 14.8. The predicted molar refractivity (Wildman–Crippen MR) is 90.7 cm³/mol. The maximum absolute atomic E-state index is 12.1. The number of benzene rings is 2. The van der Waals surface area contributed by atoms with Crippen molar-refractivity contribution in [2.75, 3.05) is 5.32 Å². The lowest BCUT2D eigenvalue weighted by Crippen LogP contribution is -2.30. The SMILES string of the molecule is CC(Oc1ccc(Cl)cc1)C(=O)Nc1ccc(C(C)C)cc1. The van der Waals surface area contributed by atoms with Crippen LogP contribution in [0.4, 0.5) is 5.69 Å². The second kappa shape index (κ2) is 7.32. The van der Waals surface area contributed by atoms with E-state index in [1.165, 1.54) is 5.56 Å². The number of nitrogens with one attached hydrogen (secondary N) is 1. The summed E-state index contributed by atoms with van der Waals surface area (Å²) in [6.07, 6.45) is -0.592. The molecule has 0 saturated heterocycles. The molecule has 0 bridgehead atoms. The smallest absolute Gasteiger partial charge is 0.265 e. The highest BCUT2D eigenvalue weighted by molar-refractivity contribution is 6.30. The van der Waals surface area contributed by atoms with Gasteiger partial charge in [0.15, 0.2) is 6.10 Å². The van der Waals surface area contributed by atoms with Crippen LogP contribution in [0, 0.1) is 0 Å². The molecule has 0 radical (unpaired) electrons. The molecule has 0 aliphatic carbocycles. The lowest BCUT2D eigenvalue weighted by atomic mass is 10.0. The van der Waals surface area contributed by atoms with E-state index >= 15 is 0 Å². The van der Waals surface area contributed by atoms with Gasteiger partial charge in [0.05, 0.1) is 0 Å². The van der Waals surface area contributed by atoms with Gasteiger partial charge in [-0.2, -0.15) is 0 Å². The summed E-state index contributed by atoms with van der Waals surface area (Å²) in [7, 11) is 0. The molecule has 22 heavy (non-hydrogen) atoms. The zero-order chi connectivity index (χ0) is 16.1. The van der Waals surface area contributed by atoms with Crippen molar-refractivity contribution < 1.29 is 9.53 Å². The third kappa shape index (κ3) is 4.50. The van der Waals surface area contributed by atoms with E-state index < -0.39 is 6.10 Å². The van der Waals surface area contributed by atoms with Crippen molar-refractivity contribution in [3.05, 3.63) is 59.1 Å². The molecule has 0 aromatic heterocycles. The second-order valence-corrected chi connectivity index (χ2v) is 5.92. The van der Waals surface area contributed by atoms with Gasteiger partial charge in [-0.05, 0) is 54.8 Å². The van der Waals surface area contributed by atoms with Crippen molar-refractivity contribution >= 4 is 23.2 Å². The highest BCUT2D eigenvalue weighted by Gasteiger charge is 2.15. The first-order chi connectivity index (χ1) is 10.5. The standard InChI is InChI=1S/C18H20ClNO2/c1-12(2)14-4-8-16(9-5-14)20-18(21)13(3)22-17-10-6-15(19)7-11-17/h4-13H,1-3H3,(H,20,21). The minimum absolute atomic E-state index is 0.188. The van der Waals surface area contributed by atoms with Crippen LogP contribution in [-0.4, -0.2) is 12.0 Å². The van der Waals surface area contributed by atoms with Gasteiger partial charge in [0.1, 0.15) is 5.75 Å². The Morgan fingerprint density at radius 2 is 1.59 bits per heavy atom. The van der Waals surface area contributed by atoms with Crippen LogP contribution in [0.1, 0.15) is 32.3 Å². The molecule has 4 heteroatoms. The van der Waals surface area contributed by atoms with Gasteiger partial charge >= 0.3 is 0 Å². The average Bonchev–Trinajstić information content (AvgIpc) is 2.50. The molecule has 1 N–H and O–H groups in total. The van der Waals surface area contributed by atoms with Crippen molar-refractivity contribution in [2.24, 2.45) is 0 Å². The quantitative estimate of drug-likeness (QED) is 0.854. The summed E-state index contributed by atoms with van der Waals surface area (Å²) in [4.78, 5) is 12.1. The van der Waals surface area contributed by atoms with Gasteiger partial charge in [0, 0.05) is 10.7 Å². The Balaban J connectivity index is 1.94. The van der Waals surface area contributed by atoms with E-state index in [1.807, 2.05) is 24.3 Å². The second-order valence-electron chi connectivity index (χ2n) is 5.48. The molecular weight excluding hydrogens is 298 g/mol. The number of ether oxygens (including phenoxy) is 1. The molecule has 0 fully saturated rings. The average molecular weight is 318 g/mol. The summed E-state index contributed by atoms with van der Waals surface area (Å²) in [5.41, 5.74) is 2.00. The van der Waals surface area contributed by atoms with Gasteiger partial charge in [-0.1, -0.05) is 37.6 Å². The van der Waals surface area contributed by atoms with E-state index in [-0.39, 0.29) is 5.91 Å². The number of carbonyl (C=O) groups excluding carboxylic acids is 1. The molecule has 2 rings (SSSR count). The maximum Gasteiger partial charge on any atom is 0.265 e. The summed E-state index contributed by atoms with van der Waals surface area (Å²) in [5.74, 6) is 0.895. The fourth-order valence-corrected chi connectivity index (χ4v) is 2.09. The van der Waals surface area contributed by atoms with Gasteiger partial charge in [0.25, 0.3) is 5.91 Å². The molecule has 1 unspecified atom stereocenters. The molecule has 0 aliphatic heterocycles. The van der Waals surface area contributed by atoms with Crippen molar-refractivity contribution in [3.63, 3.8) is 0 Å². The van der Waals surface area contributed by atoms with E-state index in [0.29, 0.717) is 16.7 Å². The van der Waals surface area contributed by atoms with Gasteiger partial charge in [-0.15, -0.1) is 0 Å². The van der Waals surface area contributed by atoms with E-state index in [0.717, 1.165) is 5.69 Å². The number of amides is 1. The molecule has 0 heterocycles. The Hall–Kier alpha value is -2.00.